The SMILES string of the molecule is CCN(CC)c1ccc(N=C(C)c2c(O)n(-c3ccc(C)cc3)c(=O)[nH]c2=O)cc1. The second kappa shape index (κ2) is 8.82. The second-order valence-electron chi connectivity index (χ2n) is 7.01. The maximum atomic E-state index is 12.4. The van der Waals surface area contributed by atoms with Crippen molar-refractivity contribution < 1.29 is 5.11 Å². The van der Waals surface area contributed by atoms with Gasteiger partial charge in [0.1, 0.15) is 5.56 Å². The number of aromatic amines is 1. The smallest absolute Gasteiger partial charge is 0.335 e. The third-order valence-corrected chi connectivity index (χ3v) is 5.02. The molecule has 3 aromatic rings. The molecule has 0 unspecified atom stereocenters. The van der Waals surface area contributed by atoms with Gasteiger partial charge < -0.3 is 10.0 Å². The zero-order valence-electron chi connectivity index (χ0n) is 17.6. The fraction of sp³-hybridized carbons (Fsp3) is 0.261. The molecule has 0 radical (unpaired) electrons. The summed E-state index contributed by atoms with van der Waals surface area (Å²) < 4.78 is 1.07. The molecule has 3 rings (SSSR count). The number of aryl methyl sites for hydroxylation is 1. The molecule has 0 aliphatic heterocycles. The monoisotopic (exact) mass is 406 g/mol. The van der Waals surface area contributed by atoms with Gasteiger partial charge in [-0.15, -0.1) is 0 Å². The van der Waals surface area contributed by atoms with Gasteiger partial charge in [-0.2, -0.15) is 0 Å². The van der Waals surface area contributed by atoms with Gasteiger partial charge in [-0.25, -0.2) is 9.36 Å². The van der Waals surface area contributed by atoms with Gasteiger partial charge in [0, 0.05) is 18.8 Å². The Morgan fingerprint density at radius 3 is 2.20 bits per heavy atom. The van der Waals surface area contributed by atoms with Gasteiger partial charge in [0.25, 0.3) is 5.56 Å². The van der Waals surface area contributed by atoms with Crippen molar-refractivity contribution in [2.45, 2.75) is 27.7 Å². The predicted octanol–water partition coefficient (Wildman–Crippen LogP) is 3.53. The summed E-state index contributed by atoms with van der Waals surface area (Å²) in [5.41, 5.74) is 2.09. The number of aromatic nitrogens is 2. The Hall–Kier alpha value is -3.61. The fourth-order valence-corrected chi connectivity index (χ4v) is 3.36. The van der Waals surface area contributed by atoms with E-state index in [1.54, 1.807) is 19.1 Å². The molecular formula is C23H26N4O3. The van der Waals surface area contributed by atoms with Crippen molar-refractivity contribution in [3.05, 3.63) is 80.5 Å². The quantitative estimate of drug-likeness (QED) is 0.613. The highest BCUT2D eigenvalue weighted by atomic mass is 16.3. The van der Waals surface area contributed by atoms with E-state index in [-0.39, 0.29) is 5.56 Å². The molecule has 0 aliphatic rings. The van der Waals surface area contributed by atoms with Crippen molar-refractivity contribution >= 4 is 17.1 Å². The first-order valence-corrected chi connectivity index (χ1v) is 9.91. The second-order valence-corrected chi connectivity index (χ2v) is 7.01. The number of H-pyrrole nitrogens is 1. The van der Waals surface area contributed by atoms with Crippen LogP contribution in [0.5, 0.6) is 5.88 Å². The van der Waals surface area contributed by atoms with E-state index in [4.69, 9.17) is 0 Å². The Bertz CT molecular complexity index is 1170. The van der Waals surface area contributed by atoms with Crippen molar-refractivity contribution in [3.63, 3.8) is 0 Å². The normalized spacial score (nSPS) is 11.5. The molecule has 2 aromatic carbocycles. The molecule has 1 aromatic heterocycles. The Labute approximate surface area is 175 Å². The van der Waals surface area contributed by atoms with Crippen molar-refractivity contribution in [3.8, 4) is 11.6 Å². The van der Waals surface area contributed by atoms with E-state index >= 15 is 0 Å². The highest BCUT2D eigenvalue weighted by Crippen LogP contribution is 2.22. The molecule has 30 heavy (non-hydrogen) atoms. The van der Waals surface area contributed by atoms with Crippen LogP contribution in [0.2, 0.25) is 0 Å². The van der Waals surface area contributed by atoms with E-state index in [1.807, 2.05) is 43.3 Å². The highest BCUT2D eigenvalue weighted by Gasteiger charge is 2.18. The Morgan fingerprint density at radius 2 is 1.63 bits per heavy atom. The molecule has 0 saturated carbocycles. The molecule has 0 atom stereocenters. The Morgan fingerprint density at radius 1 is 1.03 bits per heavy atom. The number of aliphatic imine (C=N–C) groups is 1. The number of nitrogens with zero attached hydrogens (tertiary/aromatic N) is 3. The van der Waals surface area contributed by atoms with Crippen LogP contribution < -0.4 is 16.1 Å². The summed E-state index contributed by atoms with van der Waals surface area (Å²) in [5, 5.41) is 10.8. The molecule has 0 spiro atoms. The van der Waals surface area contributed by atoms with Crippen LogP contribution in [0.15, 0.2) is 63.1 Å². The summed E-state index contributed by atoms with van der Waals surface area (Å²) >= 11 is 0. The number of rotatable bonds is 6. The summed E-state index contributed by atoms with van der Waals surface area (Å²) in [6.45, 7) is 9.55. The van der Waals surface area contributed by atoms with Gasteiger partial charge in [-0.1, -0.05) is 17.7 Å². The first kappa shape index (κ1) is 21.1. The Kier molecular flexibility index (Phi) is 6.20. The number of benzene rings is 2. The van der Waals surface area contributed by atoms with Crippen molar-refractivity contribution in [2.24, 2.45) is 4.99 Å². The molecule has 0 amide bonds. The van der Waals surface area contributed by atoms with Crippen LogP contribution in [0, 0.1) is 6.92 Å². The summed E-state index contributed by atoms with van der Waals surface area (Å²) in [5.74, 6) is -0.436. The van der Waals surface area contributed by atoms with Crippen molar-refractivity contribution in [1.82, 2.24) is 9.55 Å². The summed E-state index contributed by atoms with van der Waals surface area (Å²) in [6, 6.07) is 14.7. The molecule has 0 aliphatic carbocycles. The average molecular weight is 406 g/mol. The lowest BCUT2D eigenvalue weighted by atomic mass is 10.2. The molecule has 7 heteroatoms. The zero-order valence-corrected chi connectivity index (χ0v) is 17.6. The minimum Gasteiger partial charge on any atom is -0.493 e. The lowest BCUT2D eigenvalue weighted by molar-refractivity contribution is 0.430. The molecule has 7 nitrogen and oxygen atoms in total. The average Bonchev–Trinajstić information content (AvgIpc) is 2.71. The van der Waals surface area contributed by atoms with Gasteiger partial charge in [0.15, 0.2) is 0 Å². The van der Waals surface area contributed by atoms with E-state index in [9.17, 15) is 14.7 Å². The first-order valence-electron chi connectivity index (χ1n) is 9.91. The molecule has 0 fully saturated rings. The third kappa shape index (κ3) is 4.20. The van der Waals surface area contributed by atoms with E-state index in [1.165, 1.54) is 0 Å². The lowest BCUT2D eigenvalue weighted by Crippen LogP contribution is -2.32. The molecule has 1 heterocycles. The summed E-state index contributed by atoms with van der Waals surface area (Å²) in [7, 11) is 0. The Balaban J connectivity index is 2.05. The number of hydrogen-bond donors (Lipinski definition) is 2. The molecule has 156 valence electrons. The van der Waals surface area contributed by atoms with Crippen LogP contribution >= 0.6 is 0 Å². The van der Waals surface area contributed by atoms with Crippen LogP contribution in [0.25, 0.3) is 5.69 Å². The molecule has 2 N–H and O–H groups in total. The largest absolute Gasteiger partial charge is 0.493 e. The van der Waals surface area contributed by atoms with E-state index < -0.39 is 17.1 Å². The minimum atomic E-state index is -0.707. The maximum absolute atomic E-state index is 12.4. The van der Waals surface area contributed by atoms with Crippen molar-refractivity contribution in [2.75, 3.05) is 18.0 Å². The van der Waals surface area contributed by atoms with Gasteiger partial charge in [-0.3, -0.25) is 14.8 Å². The highest BCUT2D eigenvalue weighted by molar-refractivity contribution is 6.01. The number of nitrogens with one attached hydrogen (secondary N) is 1. The minimum absolute atomic E-state index is 0.0389. The third-order valence-electron chi connectivity index (χ3n) is 5.02. The standard InChI is InChI=1S/C23H26N4O3/c1-5-26(6-2)18-13-9-17(10-14-18)24-16(4)20-21(28)25-23(30)27(22(20)29)19-11-7-15(3)8-12-19/h7-14,29H,5-6H2,1-4H3,(H,25,28,30). The summed E-state index contributed by atoms with van der Waals surface area (Å²) in [4.78, 5) is 33.7. The molecule has 0 saturated heterocycles. The van der Waals surface area contributed by atoms with Crippen LogP contribution in [-0.4, -0.2) is 33.5 Å². The topological polar surface area (TPSA) is 90.7 Å². The first-order chi connectivity index (χ1) is 14.3. The number of hydrogen-bond acceptors (Lipinski definition) is 5. The van der Waals surface area contributed by atoms with E-state index in [2.05, 4.69) is 28.7 Å². The van der Waals surface area contributed by atoms with E-state index in [0.29, 0.717) is 17.1 Å². The van der Waals surface area contributed by atoms with Crippen molar-refractivity contribution in [1.29, 1.82) is 0 Å². The fourth-order valence-electron chi connectivity index (χ4n) is 3.36. The van der Waals surface area contributed by atoms with E-state index in [0.717, 1.165) is 28.9 Å². The van der Waals surface area contributed by atoms with Gasteiger partial charge in [0.2, 0.25) is 5.88 Å². The molecule has 0 bridgehead atoms. The van der Waals surface area contributed by atoms with Gasteiger partial charge >= 0.3 is 5.69 Å². The van der Waals surface area contributed by atoms with Crippen LogP contribution in [0.3, 0.4) is 0 Å². The predicted molar refractivity (Wildman–Crippen MR) is 121 cm³/mol. The van der Waals surface area contributed by atoms with Crippen LogP contribution in [0.4, 0.5) is 11.4 Å². The van der Waals surface area contributed by atoms with Crippen LogP contribution in [-0.2, 0) is 0 Å². The van der Waals surface area contributed by atoms with Gasteiger partial charge in [0.05, 0.1) is 17.1 Å². The number of anilines is 1. The maximum Gasteiger partial charge on any atom is 0.335 e. The number of aromatic hydroxyl groups is 1. The lowest BCUT2D eigenvalue weighted by Gasteiger charge is -2.20. The van der Waals surface area contributed by atoms with Gasteiger partial charge in [-0.05, 0) is 64.1 Å². The van der Waals surface area contributed by atoms with Crippen LogP contribution in [0.1, 0.15) is 31.9 Å². The molecular weight excluding hydrogens is 380 g/mol. The summed E-state index contributed by atoms with van der Waals surface area (Å²) in [6.07, 6.45) is 0. The zero-order chi connectivity index (χ0) is 21.8.